The van der Waals surface area contributed by atoms with Crippen molar-refractivity contribution in [3.05, 3.63) is 51.7 Å². The average Bonchev–Trinajstić information content (AvgIpc) is 3.09. The van der Waals surface area contributed by atoms with Crippen molar-refractivity contribution in [1.82, 2.24) is 4.90 Å². The summed E-state index contributed by atoms with van der Waals surface area (Å²) in [5, 5.41) is 2.07. The summed E-state index contributed by atoms with van der Waals surface area (Å²) in [4.78, 5) is 16.1. The number of hydrogen-bond acceptors (Lipinski definition) is 3. The van der Waals surface area contributed by atoms with Crippen LogP contribution in [0.4, 0.5) is 5.69 Å². The Morgan fingerprint density at radius 1 is 1.35 bits per heavy atom. The number of amides is 1. The highest BCUT2D eigenvalue weighted by atomic mass is 32.1. The molecule has 104 valence electrons. The molecule has 1 atom stereocenters. The van der Waals surface area contributed by atoms with Gasteiger partial charge in [0, 0.05) is 17.1 Å². The van der Waals surface area contributed by atoms with Crippen molar-refractivity contribution >= 4 is 22.9 Å². The Balaban J connectivity index is 1.94. The number of rotatable bonds is 2. The van der Waals surface area contributed by atoms with Crippen LogP contribution < -0.4 is 5.73 Å². The second-order valence-electron chi connectivity index (χ2n) is 5.21. The Bertz CT molecular complexity index is 601. The van der Waals surface area contributed by atoms with E-state index in [-0.39, 0.29) is 11.9 Å². The summed E-state index contributed by atoms with van der Waals surface area (Å²) in [7, 11) is 0. The molecule has 0 saturated carbocycles. The van der Waals surface area contributed by atoms with Gasteiger partial charge in [-0.2, -0.15) is 0 Å². The van der Waals surface area contributed by atoms with Crippen molar-refractivity contribution in [2.75, 3.05) is 12.3 Å². The van der Waals surface area contributed by atoms with Gasteiger partial charge in [-0.15, -0.1) is 11.3 Å². The van der Waals surface area contributed by atoms with Crippen LogP contribution in [-0.4, -0.2) is 17.4 Å². The zero-order valence-corrected chi connectivity index (χ0v) is 12.3. The van der Waals surface area contributed by atoms with E-state index in [0.29, 0.717) is 11.3 Å². The molecule has 3 rings (SSSR count). The molecule has 1 aromatic carbocycles. The monoisotopic (exact) mass is 286 g/mol. The molecule has 2 aromatic rings. The van der Waals surface area contributed by atoms with E-state index in [1.807, 2.05) is 30.0 Å². The van der Waals surface area contributed by atoms with E-state index in [0.717, 1.165) is 24.9 Å². The summed E-state index contributed by atoms with van der Waals surface area (Å²) in [6.07, 6.45) is 2.10. The molecular weight excluding hydrogens is 268 g/mol. The molecule has 1 fully saturated rings. The molecule has 4 heteroatoms. The highest BCUT2D eigenvalue weighted by molar-refractivity contribution is 7.10. The summed E-state index contributed by atoms with van der Waals surface area (Å²) >= 11 is 1.72. The quantitative estimate of drug-likeness (QED) is 0.857. The molecule has 0 spiro atoms. The first-order valence-electron chi connectivity index (χ1n) is 6.88. The van der Waals surface area contributed by atoms with E-state index in [1.165, 1.54) is 4.88 Å². The van der Waals surface area contributed by atoms with Crippen LogP contribution >= 0.6 is 11.3 Å². The van der Waals surface area contributed by atoms with Gasteiger partial charge in [-0.25, -0.2) is 0 Å². The number of benzene rings is 1. The van der Waals surface area contributed by atoms with Crippen molar-refractivity contribution in [2.24, 2.45) is 0 Å². The zero-order chi connectivity index (χ0) is 14.1. The van der Waals surface area contributed by atoms with Crippen LogP contribution in [-0.2, 0) is 0 Å². The number of carbonyl (C=O) groups excluding carboxylic acids is 1. The molecule has 1 unspecified atom stereocenters. The van der Waals surface area contributed by atoms with Crippen LogP contribution in [0.2, 0.25) is 0 Å². The number of aryl methyl sites for hydroxylation is 1. The Morgan fingerprint density at radius 3 is 2.90 bits per heavy atom. The lowest BCUT2D eigenvalue weighted by Gasteiger charge is -2.25. The van der Waals surface area contributed by atoms with Crippen LogP contribution in [0.5, 0.6) is 0 Å². The maximum atomic E-state index is 12.8. The minimum absolute atomic E-state index is 0.0662. The summed E-state index contributed by atoms with van der Waals surface area (Å²) in [5.74, 6) is 0.0662. The third kappa shape index (κ3) is 2.20. The summed E-state index contributed by atoms with van der Waals surface area (Å²) in [6.45, 7) is 2.76. The van der Waals surface area contributed by atoms with Crippen molar-refractivity contribution < 1.29 is 4.79 Å². The molecule has 1 aliphatic rings. The molecule has 1 aromatic heterocycles. The van der Waals surface area contributed by atoms with Crippen LogP contribution in [0.3, 0.4) is 0 Å². The van der Waals surface area contributed by atoms with Crippen molar-refractivity contribution in [1.29, 1.82) is 0 Å². The number of carbonyl (C=O) groups is 1. The standard InChI is InChI=1S/C16H18N2OS/c1-11-5-2-6-12(17)15(11)16(19)18-9-3-7-13(18)14-8-4-10-20-14/h2,4-6,8,10,13H,3,7,9,17H2,1H3. The minimum Gasteiger partial charge on any atom is -0.398 e. The van der Waals surface area contributed by atoms with Gasteiger partial charge in [0.2, 0.25) is 0 Å². The lowest BCUT2D eigenvalue weighted by molar-refractivity contribution is 0.0738. The summed E-state index contributed by atoms with van der Waals surface area (Å²) < 4.78 is 0. The van der Waals surface area contributed by atoms with Crippen molar-refractivity contribution in [2.45, 2.75) is 25.8 Å². The number of anilines is 1. The molecule has 0 bridgehead atoms. The van der Waals surface area contributed by atoms with Crippen LogP contribution in [0.25, 0.3) is 0 Å². The largest absolute Gasteiger partial charge is 0.398 e. The predicted octanol–water partition coefficient (Wildman–Crippen LogP) is 3.62. The number of nitrogen functional groups attached to an aromatic ring is 1. The highest BCUT2D eigenvalue weighted by Crippen LogP contribution is 2.36. The summed E-state index contributed by atoms with van der Waals surface area (Å²) in [5.41, 5.74) is 8.20. The maximum Gasteiger partial charge on any atom is 0.256 e. The zero-order valence-electron chi connectivity index (χ0n) is 11.5. The van der Waals surface area contributed by atoms with Gasteiger partial charge in [-0.3, -0.25) is 4.79 Å². The lowest BCUT2D eigenvalue weighted by atomic mass is 10.0. The SMILES string of the molecule is Cc1cccc(N)c1C(=O)N1CCCC1c1cccs1. The second-order valence-corrected chi connectivity index (χ2v) is 6.19. The number of likely N-dealkylation sites (tertiary alicyclic amines) is 1. The van der Waals surface area contributed by atoms with Crippen LogP contribution in [0.15, 0.2) is 35.7 Å². The highest BCUT2D eigenvalue weighted by Gasteiger charge is 2.32. The van der Waals surface area contributed by atoms with Gasteiger partial charge >= 0.3 is 0 Å². The molecule has 0 aliphatic carbocycles. The first-order chi connectivity index (χ1) is 9.68. The number of thiophene rings is 1. The van der Waals surface area contributed by atoms with E-state index in [1.54, 1.807) is 17.4 Å². The third-order valence-corrected chi connectivity index (χ3v) is 4.88. The molecule has 2 heterocycles. The van der Waals surface area contributed by atoms with Crippen LogP contribution in [0, 0.1) is 6.92 Å². The van der Waals surface area contributed by atoms with Crippen molar-refractivity contribution in [3.63, 3.8) is 0 Å². The molecule has 1 saturated heterocycles. The Morgan fingerprint density at radius 2 is 2.20 bits per heavy atom. The van der Waals surface area contributed by atoms with E-state index in [2.05, 4.69) is 11.4 Å². The van der Waals surface area contributed by atoms with E-state index >= 15 is 0 Å². The van der Waals surface area contributed by atoms with Gasteiger partial charge in [0.15, 0.2) is 0 Å². The number of nitrogens with zero attached hydrogens (tertiary/aromatic N) is 1. The van der Waals surface area contributed by atoms with Gasteiger partial charge in [-0.05, 0) is 42.8 Å². The molecule has 2 N–H and O–H groups in total. The number of nitrogens with two attached hydrogens (primary N) is 1. The first-order valence-corrected chi connectivity index (χ1v) is 7.76. The second kappa shape index (κ2) is 5.29. The Labute approximate surface area is 123 Å². The molecule has 1 aliphatic heterocycles. The first kappa shape index (κ1) is 13.2. The summed E-state index contributed by atoms with van der Waals surface area (Å²) in [6, 6.07) is 10.0. The van der Waals surface area contributed by atoms with Gasteiger partial charge in [-0.1, -0.05) is 18.2 Å². The van der Waals surface area contributed by atoms with Gasteiger partial charge in [0.1, 0.15) is 0 Å². The van der Waals surface area contributed by atoms with Gasteiger partial charge < -0.3 is 10.6 Å². The topological polar surface area (TPSA) is 46.3 Å². The smallest absolute Gasteiger partial charge is 0.256 e. The molecule has 0 radical (unpaired) electrons. The van der Waals surface area contributed by atoms with E-state index in [4.69, 9.17) is 5.73 Å². The molecular formula is C16H18N2OS. The van der Waals surface area contributed by atoms with Crippen LogP contribution in [0.1, 0.15) is 39.7 Å². The average molecular weight is 286 g/mol. The normalized spacial score (nSPS) is 18.4. The lowest BCUT2D eigenvalue weighted by Crippen LogP contribution is -2.31. The maximum absolute atomic E-state index is 12.8. The fourth-order valence-electron chi connectivity index (χ4n) is 2.91. The number of hydrogen-bond donors (Lipinski definition) is 1. The Hall–Kier alpha value is -1.81. The van der Waals surface area contributed by atoms with Crippen molar-refractivity contribution in [3.8, 4) is 0 Å². The van der Waals surface area contributed by atoms with E-state index in [9.17, 15) is 4.79 Å². The third-order valence-electron chi connectivity index (χ3n) is 3.90. The minimum atomic E-state index is 0.0662. The molecule has 20 heavy (non-hydrogen) atoms. The van der Waals surface area contributed by atoms with Gasteiger partial charge in [0.25, 0.3) is 5.91 Å². The molecule has 3 nitrogen and oxygen atoms in total. The molecule has 1 amide bonds. The predicted molar refractivity (Wildman–Crippen MR) is 82.9 cm³/mol. The Kier molecular flexibility index (Phi) is 3.49. The van der Waals surface area contributed by atoms with E-state index < -0.39 is 0 Å². The fourth-order valence-corrected chi connectivity index (χ4v) is 3.79. The fraction of sp³-hybridized carbons (Fsp3) is 0.312. The van der Waals surface area contributed by atoms with Gasteiger partial charge in [0.05, 0.1) is 11.6 Å².